The molecule has 0 amide bonds. The second-order valence-electron chi connectivity index (χ2n) is 5.43. The molecule has 1 unspecified atom stereocenters. The van der Waals surface area contributed by atoms with Crippen LogP contribution in [0.4, 0.5) is 0 Å². The summed E-state index contributed by atoms with van der Waals surface area (Å²) in [5, 5.41) is 10.3. The van der Waals surface area contributed by atoms with Gasteiger partial charge in [-0.2, -0.15) is 0 Å². The van der Waals surface area contributed by atoms with Gasteiger partial charge in [-0.3, -0.25) is 4.79 Å². The Labute approximate surface area is 143 Å². The minimum Gasteiger partial charge on any atom is -0.507 e. The summed E-state index contributed by atoms with van der Waals surface area (Å²) in [6.07, 6.45) is 1.38. The van der Waals surface area contributed by atoms with Gasteiger partial charge in [-0.05, 0) is 43.2 Å². The number of carbonyl (C=O) groups excluding carboxylic acids is 1. The maximum atomic E-state index is 11.6. The topological polar surface area (TPSA) is 83.8 Å². The summed E-state index contributed by atoms with van der Waals surface area (Å²) in [7, 11) is 0. The molecule has 24 heavy (non-hydrogen) atoms. The van der Waals surface area contributed by atoms with Gasteiger partial charge in [0.2, 0.25) is 0 Å². The number of rotatable bonds is 7. The van der Waals surface area contributed by atoms with E-state index in [0.717, 1.165) is 12.0 Å². The Morgan fingerprint density at radius 2 is 2.00 bits per heavy atom. The lowest BCUT2D eigenvalue weighted by atomic mass is 10.0. The normalized spacial score (nSPS) is 12.0. The van der Waals surface area contributed by atoms with Crippen LogP contribution >= 0.6 is 0 Å². The van der Waals surface area contributed by atoms with Crippen molar-refractivity contribution in [1.29, 1.82) is 0 Å². The van der Waals surface area contributed by atoms with Crippen LogP contribution < -0.4 is 4.74 Å². The van der Waals surface area contributed by atoms with Gasteiger partial charge in [0.05, 0.1) is 10.5 Å². The standard InChI is InChI=1S/C18H20O5S/c1-3-5-16-17(9-8-15(12(2)19)18(16)20)23-11-13-6-4-7-14(10-13)24(21)22/h4,6-10,20H,3,5,11H2,1-2H3,(H,21,22). The van der Waals surface area contributed by atoms with E-state index in [2.05, 4.69) is 0 Å². The molecule has 0 heterocycles. The van der Waals surface area contributed by atoms with Gasteiger partial charge in [0.15, 0.2) is 16.9 Å². The average molecular weight is 348 g/mol. The molecule has 128 valence electrons. The van der Waals surface area contributed by atoms with E-state index < -0.39 is 11.1 Å². The maximum absolute atomic E-state index is 11.6. The molecule has 0 spiro atoms. The van der Waals surface area contributed by atoms with Crippen molar-refractivity contribution >= 4 is 16.9 Å². The SMILES string of the molecule is CCCc1c(OCc2cccc(S(=O)O)c2)ccc(C(C)=O)c1O. The highest BCUT2D eigenvalue weighted by molar-refractivity contribution is 7.79. The first-order valence-corrected chi connectivity index (χ1v) is 8.73. The fourth-order valence-electron chi connectivity index (χ4n) is 2.43. The minimum atomic E-state index is -2.04. The van der Waals surface area contributed by atoms with Gasteiger partial charge in [0, 0.05) is 5.56 Å². The van der Waals surface area contributed by atoms with E-state index in [0.29, 0.717) is 22.6 Å². The highest BCUT2D eigenvalue weighted by Gasteiger charge is 2.16. The smallest absolute Gasteiger partial charge is 0.186 e. The molecular weight excluding hydrogens is 328 g/mol. The number of hydrogen-bond donors (Lipinski definition) is 2. The number of aromatic hydroxyl groups is 1. The molecule has 0 fully saturated rings. The number of ether oxygens (including phenoxy) is 1. The first-order valence-electron chi connectivity index (χ1n) is 7.62. The van der Waals surface area contributed by atoms with Crippen molar-refractivity contribution in [2.45, 2.75) is 38.2 Å². The largest absolute Gasteiger partial charge is 0.507 e. The van der Waals surface area contributed by atoms with Crippen molar-refractivity contribution in [3.05, 3.63) is 53.1 Å². The van der Waals surface area contributed by atoms with Gasteiger partial charge in [0.25, 0.3) is 0 Å². The molecule has 1 atom stereocenters. The Hall–Kier alpha value is -2.18. The summed E-state index contributed by atoms with van der Waals surface area (Å²) in [5.74, 6) is 0.275. The lowest BCUT2D eigenvalue weighted by molar-refractivity contribution is 0.101. The van der Waals surface area contributed by atoms with E-state index in [-0.39, 0.29) is 23.7 Å². The van der Waals surface area contributed by atoms with Crippen LogP contribution in [0.3, 0.4) is 0 Å². The van der Waals surface area contributed by atoms with E-state index in [4.69, 9.17) is 9.29 Å². The molecule has 2 rings (SSSR count). The molecule has 0 bridgehead atoms. The van der Waals surface area contributed by atoms with Crippen molar-refractivity contribution in [2.75, 3.05) is 0 Å². The molecule has 5 nitrogen and oxygen atoms in total. The van der Waals surface area contributed by atoms with Crippen molar-refractivity contribution in [1.82, 2.24) is 0 Å². The molecule has 0 saturated heterocycles. The van der Waals surface area contributed by atoms with E-state index in [1.165, 1.54) is 6.92 Å². The third-order valence-electron chi connectivity index (χ3n) is 3.61. The van der Waals surface area contributed by atoms with Crippen LogP contribution in [0.15, 0.2) is 41.3 Å². The quantitative estimate of drug-likeness (QED) is 0.589. The lowest BCUT2D eigenvalue weighted by Gasteiger charge is -2.15. The Morgan fingerprint density at radius 3 is 2.62 bits per heavy atom. The zero-order valence-corrected chi connectivity index (χ0v) is 14.4. The van der Waals surface area contributed by atoms with Crippen LogP contribution in [-0.2, 0) is 24.1 Å². The minimum absolute atomic E-state index is 0.0351. The lowest BCUT2D eigenvalue weighted by Crippen LogP contribution is -2.03. The first-order chi connectivity index (χ1) is 11.4. The van der Waals surface area contributed by atoms with Gasteiger partial charge < -0.3 is 14.4 Å². The van der Waals surface area contributed by atoms with Crippen LogP contribution in [0.2, 0.25) is 0 Å². The number of phenolic OH excluding ortho intramolecular Hbond substituents is 1. The van der Waals surface area contributed by atoms with Gasteiger partial charge in [-0.25, -0.2) is 4.21 Å². The zero-order chi connectivity index (χ0) is 17.7. The Morgan fingerprint density at radius 1 is 1.25 bits per heavy atom. The fourth-order valence-corrected chi connectivity index (χ4v) is 2.88. The summed E-state index contributed by atoms with van der Waals surface area (Å²) in [6, 6.07) is 9.86. The number of Topliss-reactive ketones (excluding diaryl/α,β-unsaturated/α-hetero) is 1. The number of carbonyl (C=O) groups is 1. The van der Waals surface area contributed by atoms with Crippen LogP contribution in [0.25, 0.3) is 0 Å². The van der Waals surface area contributed by atoms with E-state index in [9.17, 15) is 14.1 Å². The van der Waals surface area contributed by atoms with E-state index in [1.807, 2.05) is 6.92 Å². The summed E-state index contributed by atoms with van der Waals surface area (Å²) < 4.78 is 26.0. The molecule has 0 aliphatic carbocycles. The highest BCUT2D eigenvalue weighted by Crippen LogP contribution is 2.33. The van der Waals surface area contributed by atoms with Crippen LogP contribution in [0.5, 0.6) is 11.5 Å². The fraction of sp³-hybridized carbons (Fsp3) is 0.278. The van der Waals surface area contributed by atoms with Gasteiger partial charge in [-0.1, -0.05) is 25.5 Å². The average Bonchev–Trinajstić information content (AvgIpc) is 2.55. The monoisotopic (exact) mass is 348 g/mol. The number of hydrogen-bond acceptors (Lipinski definition) is 4. The molecule has 0 saturated carbocycles. The Balaban J connectivity index is 2.26. The molecular formula is C18H20O5S. The van der Waals surface area contributed by atoms with Crippen molar-refractivity contribution < 1.29 is 23.4 Å². The third kappa shape index (κ3) is 4.21. The number of phenols is 1. The Kier molecular flexibility index (Phi) is 6.11. The van der Waals surface area contributed by atoms with Crippen molar-refractivity contribution in [3.63, 3.8) is 0 Å². The van der Waals surface area contributed by atoms with Crippen molar-refractivity contribution in [3.8, 4) is 11.5 Å². The van der Waals surface area contributed by atoms with E-state index >= 15 is 0 Å². The van der Waals surface area contributed by atoms with Crippen LogP contribution in [0.1, 0.15) is 41.8 Å². The molecule has 0 radical (unpaired) electrons. The summed E-state index contributed by atoms with van der Waals surface area (Å²) in [6.45, 7) is 3.58. The molecule has 0 aliphatic heterocycles. The summed E-state index contributed by atoms with van der Waals surface area (Å²) in [5.41, 5.74) is 1.63. The number of benzene rings is 2. The highest BCUT2D eigenvalue weighted by atomic mass is 32.2. The third-order valence-corrected chi connectivity index (χ3v) is 4.27. The number of ketones is 1. The first kappa shape index (κ1) is 18.2. The molecule has 2 aromatic carbocycles. The van der Waals surface area contributed by atoms with Crippen LogP contribution in [0, 0.1) is 0 Å². The zero-order valence-electron chi connectivity index (χ0n) is 13.6. The molecule has 2 N–H and O–H groups in total. The van der Waals surface area contributed by atoms with Crippen LogP contribution in [-0.4, -0.2) is 19.7 Å². The molecule has 0 aromatic heterocycles. The predicted molar refractivity (Wildman–Crippen MR) is 91.9 cm³/mol. The molecule has 6 heteroatoms. The summed E-state index contributed by atoms with van der Waals surface area (Å²) in [4.78, 5) is 11.9. The predicted octanol–water partition coefficient (Wildman–Crippen LogP) is 3.71. The van der Waals surface area contributed by atoms with Gasteiger partial charge >= 0.3 is 0 Å². The summed E-state index contributed by atoms with van der Waals surface area (Å²) >= 11 is -2.04. The van der Waals surface area contributed by atoms with Crippen molar-refractivity contribution in [2.24, 2.45) is 0 Å². The molecule has 2 aromatic rings. The molecule has 0 aliphatic rings. The maximum Gasteiger partial charge on any atom is 0.186 e. The van der Waals surface area contributed by atoms with Gasteiger partial charge in [-0.15, -0.1) is 0 Å². The van der Waals surface area contributed by atoms with Gasteiger partial charge in [0.1, 0.15) is 18.1 Å². The van der Waals surface area contributed by atoms with E-state index in [1.54, 1.807) is 36.4 Å². The second kappa shape index (κ2) is 8.08. The Bertz CT molecular complexity index is 770. The second-order valence-corrected chi connectivity index (χ2v) is 6.40.